The van der Waals surface area contributed by atoms with Crippen LogP contribution in [0.4, 0.5) is 0 Å². The minimum absolute atomic E-state index is 0.614. The van der Waals surface area contributed by atoms with Crippen molar-refractivity contribution >= 4 is 65.4 Å². The summed E-state index contributed by atoms with van der Waals surface area (Å²) in [4.78, 5) is 19.9. The van der Waals surface area contributed by atoms with E-state index in [4.69, 9.17) is 19.4 Å². The van der Waals surface area contributed by atoms with Crippen molar-refractivity contribution < 1.29 is 4.42 Å². The van der Waals surface area contributed by atoms with Crippen LogP contribution in [-0.2, 0) is 0 Å². The molecule has 11 aromatic rings. The Morgan fingerprint density at radius 3 is 1.96 bits per heavy atom. The first-order valence-corrected chi connectivity index (χ1v) is 17.7. The van der Waals surface area contributed by atoms with Gasteiger partial charge in [-0.3, -0.25) is 4.98 Å². The third kappa shape index (κ3) is 4.86. The van der Waals surface area contributed by atoms with Crippen LogP contribution in [0.5, 0.6) is 0 Å². The van der Waals surface area contributed by atoms with E-state index in [0.717, 1.165) is 93.8 Å². The normalized spacial score (nSPS) is 11.8. The highest BCUT2D eigenvalue weighted by atomic mass is 16.3. The molecule has 0 spiro atoms. The number of hydrogen-bond donors (Lipinski definition) is 0. The zero-order valence-electron chi connectivity index (χ0n) is 28.4. The molecule has 11 rings (SSSR count). The van der Waals surface area contributed by atoms with Crippen molar-refractivity contribution in [1.29, 1.82) is 0 Å². The molecule has 7 aromatic carbocycles. The topological polar surface area (TPSA) is 64.7 Å². The molecule has 0 aliphatic rings. The maximum Gasteiger partial charge on any atom is 0.227 e. The van der Waals surface area contributed by atoms with Gasteiger partial charge in [-0.2, -0.15) is 0 Å². The predicted molar refractivity (Wildman–Crippen MR) is 217 cm³/mol. The SMILES string of the molecule is c1ccc(-c2nc3c(ccc4c(-c5ccc(-c6ccc7cc(-c8ccc9ccc%10cccnc%10c9n8)ccc7c6)cc5)nc5ccccc5c43)o2)cc1. The number of fused-ring (bicyclic) bond motifs is 9. The van der Waals surface area contributed by atoms with Gasteiger partial charge in [0.2, 0.25) is 5.89 Å². The van der Waals surface area contributed by atoms with E-state index >= 15 is 0 Å². The second kappa shape index (κ2) is 11.7. The highest BCUT2D eigenvalue weighted by molar-refractivity contribution is 6.20. The molecular weight excluding hydrogens is 649 g/mol. The van der Waals surface area contributed by atoms with Gasteiger partial charge in [-0.25, -0.2) is 15.0 Å². The summed E-state index contributed by atoms with van der Waals surface area (Å²) in [6.45, 7) is 0. The molecule has 0 N–H and O–H groups in total. The highest BCUT2D eigenvalue weighted by Gasteiger charge is 2.18. The molecule has 4 heterocycles. The van der Waals surface area contributed by atoms with Crippen LogP contribution in [0.2, 0.25) is 0 Å². The third-order valence-electron chi connectivity index (χ3n) is 10.3. The van der Waals surface area contributed by atoms with E-state index in [-0.39, 0.29) is 0 Å². The quantitative estimate of drug-likeness (QED) is 0.174. The van der Waals surface area contributed by atoms with E-state index in [1.807, 2.05) is 54.7 Å². The summed E-state index contributed by atoms with van der Waals surface area (Å²) < 4.78 is 6.27. The fraction of sp³-hybridized carbons (Fsp3) is 0. The molecule has 0 unspecified atom stereocenters. The second-order valence-corrected chi connectivity index (χ2v) is 13.5. The molecule has 246 valence electrons. The molecule has 0 atom stereocenters. The molecule has 53 heavy (non-hydrogen) atoms. The number of nitrogens with zero attached hydrogens (tertiary/aromatic N) is 4. The molecule has 5 nitrogen and oxygen atoms in total. The minimum atomic E-state index is 0.614. The zero-order valence-corrected chi connectivity index (χ0v) is 28.4. The van der Waals surface area contributed by atoms with Gasteiger partial charge in [0, 0.05) is 49.8 Å². The monoisotopic (exact) mass is 676 g/mol. The Morgan fingerprint density at radius 1 is 0.396 bits per heavy atom. The number of rotatable bonds is 4. The van der Waals surface area contributed by atoms with Crippen LogP contribution in [0, 0.1) is 0 Å². The minimum Gasteiger partial charge on any atom is -0.436 e. The first-order chi connectivity index (χ1) is 26.2. The molecule has 0 radical (unpaired) electrons. The van der Waals surface area contributed by atoms with Crippen molar-refractivity contribution in [3.63, 3.8) is 0 Å². The summed E-state index contributed by atoms with van der Waals surface area (Å²) >= 11 is 0. The van der Waals surface area contributed by atoms with Gasteiger partial charge in [-0.15, -0.1) is 0 Å². The third-order valence-corrected chi connectivity index (χ3v) is 10.3. The molecule has 0 fully saturated rings. The summed E-state index contributed by atoms with van der Waals surface area (Å²) in [6.07, 6.45) is 1.83. The molecular formula is C48H28N4O. The smallest absolute Gasteiger partial charge is 0.227 e. The first kappa shape index (κ1) is 29.5. The molecule has 0 aliphatic carbocycles. The van der Waals surface area contributed by atoms with Crippen LogP contribution in [0.1, 0.15) is 0 Å². The molecule has 4 aromatic heterocycles. The van der Waals surface area contributed by atoms with Crippen LogP contribution in [0.3, 0.4) is 0 Å². The maximum absolute atomic E-state index is 6.27. The van der Waals surface area contributed by atoms with Gasteiger partial charge in [-0.05, 0) is 76.5 Å². The van der Waals surface area contributed by atoms with Gasteiger partial charge in [0.25, 0.3) is 0 Å². The lowest BCUT2D eigenvalue weighted by molar-refractivity contribution is 0.620. The van der Waals surface area contributed by atoms with E-state index < -0.39 is 0 Å². The van der Waals surface area contributed by atoms with E-state index in [0.29, 0.717) is 5.89 Å². The highest BCUT2D eigenvalue weighted by Crippen LogP contribution is 2.39. The Labute approximate surface area is 303 Å². The summed E-state index contributed by atoms with van der Waals surface area (Å²) in [5.41, 5.74) is 11.6. The number of para-hydroxylation sites is 1. The molecule has 0 saturated heterocycles. The number of oxazole rings is 1. The standard InChI is InChI=1S/C48H28N4O/c1-2-7-33(8-3-1)48-52-47-42(53-48)25-23-39-43(47)38-10-4-5-11-41(38)51-44(39)31-14-12-29(13-15-31)34-18-19-36-28-37(21-20-35(36)27-34)40-24-22-32-17-16-30-9-6-26-49-45(30)46(32)50-40/h1-28H. The van der Waals surface area contributed by atoms with Crippen molar-refractivity contribution in [1.82, 2.24) is 19.9 Å². The van der Waals surface area contributed by atoms with Crippen molar-refractivity contribution in [2.24, 2.45) is 0 Å². The number of benzene rings is 7. The summed E-state index contributed by atoms with van der Waals surface area (Å²) in [7, 11) is 0. The van der Waals surface area contributed by atoms with Gasteiger partial charge < -0.3 is 4.42 Å². The number of aromatic nitrogens is 4. The maximum atomic E-state index is 6.27. The zero-order chi connectivity index (χ0) is 34.9. The van der Waals surface area contributed by atoms with Gasteiger partial charge >= 0.3 is 0 Å². The van der Waals surface area contributed by atoms with Crippen LogP contribution in [0.25, 0.3) is 110 Å². The molecule has 0 saturated carbocycles. The van der Waals surface area contributed by atoms with E-state index in [9.17, 15) is 0 Å². The van der Waals surface area contributed by atoms with Gasteiger partial charge in [0.15, 0.2) is 5.58 Å². The molecule has 5 heteroatoms. The van der Waals surface area contributed by atoms with Crippen LogP contribution >= 0.6 is 0 Å². The van der Waals surface area contributed by atoms with Crippen molar-refractivity contribution in [2.45, 2.75) is 0 Å². The number of hydrogen-bond acceptors (Lipinski definition) is 5. The van der Waals surface area contributed by atoms with Gasteiger partial charge in [0.1, 0.15) is 5.52 Å². The molecule has 0 aliphatic heterocycles. The fourth-order valence-corrected chi connectivity index (χ4v) is 7.64. The van der Waals surface area contributed by atoms with E-state index in [1.54, 1.807) is 0 Å². The molecule has 0 amide bonds. The largest absolute Gasteiger partial charge is 0.436 e. The summed E-state index contributed by atoms with van der Waals surface area (Å²) in [6, 6.07) is 56.9. The predicted octanol–water partition coefficient (Wildman–Crippen LogP) is 12.4. The Kier molecular flexibility index (Phi) is 6.48. The lowest BCUT2D eigenvalue weighted by Gasteiger charge is -2.11. The average Bonchev–Trinajstić information content (AvgIpc) is 3.68. The Bertz CT molecular complexity index is 3220. The lowest BCUT2D eigenvalue weighted by atomic mass is 9.96. The first-order valence-electron chi connectivity index (χ1n) is 17.7. The lowest BCUT2D eigenvalue weighted by Crippen LogP contribution is -1.91. The average molecular weight is 677 g/mol. The Hall–Kier alpha value is -7.24. The van der Waals surface area contributed by atoms with E-state index in [2.05, 4.69) is 120 Å². The molecule has 0 bridgehead atoms. The van der Waals surface area contributed by atoms with Crippen molar-refractivity contribution in [3.8, 4) is 45.1 Å². The second-order valence-electron chi connectivity index (χ2n) is 13.5. The van der Waals surface area contributed by atoms with Crippen LogP contribution < -0.4 is 0 Å². The van der Waals surface area contributed by atoms with Crippen molar-refractivity contribution in [2.75, 3.05) is 0 Å². The number of pyridine rings is 3. The van der Waals surface area contributed by atoms with Gasteiger partial charge in [0.05, 0.1) is 27.9 Å². The van der Waals surface area contributed by atoms with E-state index in [1.165, 1.54) is 10.8 Å². The fourth-order valence-electron chi connectivity index (χ4n) is 7.64. The van der Waals surface area contributed by atoms with Gasteiger partial charge in [-0.1, -0.05) is 109 Å². The summed E-state index contributed by atoms with van der Waals surface area (Å²) in [5, 5.41) is 7.68. The van der Waals surface area contributed by atoms with Crippen LogP contribution in [-0.4, -0.2) is 19.9 Å². The van der Waals surface area contributed by atoms with Crippen molar-refractivity contribution in [3.05, 3.63) is 170 Å². The Balaban J connectivity index is 0.957. The van der Waals surface area contributed by atoms with Crippen LogP contribution in [0.15, 0.2) is 174 Å². The summed E-state index contributed by atoms with van der Waals surface area (Å²) in [5.74, 6) is 0.614. The Morgan fingerprint density at radius 2 is 1.09 bits per heavy atom.